The minimum Gasteiger partial charge on any atom is -0.456 e. The number of anilines is 1. The van der Waals surface area contributed by atoms with Gasteiger partial charge in [0.2, 0.25) is 0 Å². The molecule has 158 valence electrons. The van der Waals surface area contributed by atoms with Crippen LogP contribution >= 0.6 is 11.3 Å². The van der Waals surface area contributed by atoms with Crippen molar-refractivity contribution in [2.45, 2.75) is 26.7 Å². The number of esters is 1. The number of para-hydroxylation sites is 2. The van der Waals surface area contributed by atoms with Crippen LogP contribution in [0.1, 0.15) is 22.8 Å². The van der Waals surface area contributed by atoms with E-state index < -0.39 is 11.9 Å². The number of amides is 1. The van der Waals surface area contributed by atoms with Crippen LogP contribution < -0.4 is 5.32 Å². The predicted molar refractivity (Wildman–Crippen MR) is 121 cm³/mol. The Bertz CT molecular complexity index is 1200. The van der Waals surface area contributed by atoms with Crippen LogP contribution in [0, 0.1) is 13.8 Å². The molecular formula is C23H22N4O3S. The minimum absolute atomic E-state index is 0.178. The SMILES string of the molecule is Cc1nn(-c2ccccc2)c(C)c1NC(=O)COC(=O)CCc1nc2ccccc2s1. The molecule has 0 atom stereocenters. The summed E-state index contributed by atoms with van der Waals surface area (Å²) in [5.74, 6) is -0.824. The molecule has 8 heteroatoms. The highest BCUT2D eigenvalue weighted by Gasteiger charge is 2.16. The van der Waals surface area contributed by atoms with Gasteiger partial charge in [-0.2, -0.15) is 5.10 Å². The lowest BCUT2D eigenvalue weighted by Crippen LogP contribution is -2.21. The Morgan fingerprint density at radius 1 is 1.06 bits per heavy atom. The lowest BCUT2D eigenvalue weighted by Gasteiger charge is -2.08. The first kappa shape index (κ1) is 20.7. The summed E-state index contributed by atoms with van der Waals surface area (Å²) in [6, 6.07) is 17.5. The van der Waals surface area contributed by atoms with Crippen molar-refractivity contribution in [3.8, 4) is 5.69 Å². The average molecular weight is 435 g/mol. The van der Waals surface area contributed by atoms with Gasteiger partial charge in [-0.1, -0.05) is 30.3 Å². The molecule has 31 heavy (non-hydrogen) atoms. The van der Waals surface area contributed by atoms with Gasteiger partial charge in [0.25, 0.3) is 5.91 Å². The predicted octanol–water partition coefficient (Wildman–Crippen LogP) is 4.21. The first-order valence-electron chi connectivity index (χ1n) is 9.93. The van der Waals surface area contributed by atoms with Gasteiger partial charge in [0.15, 0.2) is 6.61 Å². The highest BCUT2D eigenvalue weighted by molar-refractivity contribution is 7.18. The number of aryl methyl sites for hydroxylation is 2. The van der Waals surface area contributed by atoms with E-state index in [-0.39, 0.29) is 13.0 Å². The molecule has 0 aliphatic heterocycles. The quantitative estimate of drug-likeness (QED) is 0.440. The molecule has 0 saturated heterocycles. The molecule has 4 aromatic rings. The molecule has 0 saturated carbocycles. The second-order valence-corrected chi connectivity index (χ2v) is 8.19. The highest BCUT2D eigenvalue weighted by Crippen LogP contribution is 2.23. The number of hydrogen-bond donors (Lipinski definition) is 1. The fourth-order valence-electron chi connectivity index (χ4n) is 3.27. The third kappa shape index (κ3) is 4.80. The minimum atomic E-state index is -0.428. The summed E-state index contributed by atoms with van der Waals surface area (Å²) in [7, 11) is 0. The third-order valence-electron chi connectivity index (χ3n) is 4.80. The van der Waals surface area contributed by atoms with Crippen LogP contribution in [-0.2, 0) is 20.7 Å². The Morgan fingerprint density at radius 3 is 2.58 bits per heavy atom. The van der Waals surface area contributed by atoms with Gasteiger partial charge in [0.05, 0.1) is 44.4 Å². The summed E-state index contributed by atoms with van der Waals surface area (Å²) in [6.45, 7) is 3.37. The van der Waals surface area contributed by atoms with Gasteiger partial charge in [-0.15, -0.1) is 11.3 Å². The monoisotopic (exact) mass is 434 g/mol. The number of aromatic nitrogens is 3. The van der Waals surface area contributed by atoms with Crippen LogP contribution in [0.2, 0.25) is 0 Å². The summed E-state index contributed by atoms with van der Waals surface area (Å²) in [6.07, 6.45) is 0.666. The molecule has 0 unspecified atom stereocenters. The largest absolute Gasteiger partial charge is 0.456 e. The van der Waals surface area contributed by atoms with Gasteiger partial charge >= 0.3 is 5.97 Å². The fourth-order valence-corrected chi connectivity index (χ4v) is 4.24. The van der Waals surface area contributed by atoms with Crippen LogP contribution in [-0.4, -0.2) is 33.2 Å². The average Bonchev–Trinajstić information content (AvgIpc) is 3.32. The molecule has 0 aliphatic carbocycles. The van der Waals surface area contributed by atoms with Crippen LogP contribution in [0.25, 0.3) is 15.9 Å². The molecule has 1 N–H and O–H groups in total. The van der Waals surface area contributed by atoms with E-state index in [0.29, 0.717) is 17.8 Å². The van der Waals surface area contributed by atoms with Crippen molar-refractivity contribution in [2.24, 2.45) is 0 Å². The van der Waals surface area contributed by atoms with Gasteiger partial charge in [-0.25, -0.2) is 9.67 Å². The van der Waals surface area contributed by atoms with Gasteiger partial charge < -0.3 is 10.1 Å². The Morgan fingerprint density at radius 2 is 1.81 bits per heavy atom. The number of nitrogens with zero attached hydrogens (tertiary/aromatic N) is 3. The number of benzene rings is 2. The molecule has 0 radical (unpaired) electrons. The van der Waals surface area contributed by atoms with E-state index in [9.17, 15) is 9.59 Å². The first-order valence-corrected chi connectivity index (χ1v) is 10.7. The number of rotatable bonds is 7. The molecule has 2 aromatic heterocycles. The number of fused-ring (bicyclic) bond motifs is 1. The lowest BCUT2D eigenvalue weighted by atomic mass is 10.3. The number of carbonyl (C=O) groups is 2. The zero-order valence-electron chi connectivity index (χ0n) is 17.3. The van der Waals surface area contributed by atoms with E-state index in [1.54, 1.807) is 16.0 Å². The summed E-state index contributed by atoms with van der Waals surface area (Å²) in [5, 5.41) is 8.18. The van der Waals surface area contributed by atoms with E-state index in [2.05, 4.69) is 15.4 Å². The van der Waals surface area contributed by atoms with Crippen molar-refractivity contribution in [1.29, 1.82) is 0 Å². The van der Waals surface area contributed by atoms with Crippen molar-refractivity contribution in [1.82, 2.24) is 14.8 Å². The topological polar surface area (TPSA) is 86.1 Å². The number of thiazole rings is 1. The van der Waals surface area contributed by atoms with Crippen LogP contribution in [0.3, 0.4) is 0 Å². The summed E-state index contributed by atoms with van der Waals surface area (Å²) in [4.78, 5) is 28.9. The van der Waals surface area contributed by atoms with Crippen molar-refractivity contribution in [3.05, 3.63) is 71.0 Å². The number of nitrogens with one attached hydrogen (secondary N) is 1. The normalized spacial score (nSPS) is 10.9. The third-order valence-corrected chi connectivity index (χ3v) is 5.90. The van der Waals surface area contributed by atoms with Crippen LogP contribution in [0.4, 0.5) is 5.69 Å². The first-order chi connectivity index (χ1) is 15.0. The van der Waals surface area contributed by atoms with Gasteiger partial charge in [0, 0.05) is 6.42 Å². The fraction of sp³-hybridized carbons (Fsp3) is 0.217. The molecule has 1 amide bonds. The molecule has 2 aromatic carbocycles. The van der Waals surface area contributed by atoms with Gasteiger partial charge in [-0.05, 0) is 38.1 Å². The van der Waals surface area contributed by atoms with Gasteiger partial charge in [-0.3, -0.25) is 9.59 Å². The zero-order chi connectivity index (χ0) is 21.8. The molecule has 7 nitrogen and oxygen atoms in total. The molecule has 0 fully saturated rings. The lowest BCUT2D eigenvalue weighted by molar-refractivity contribution is -0.147. The Balaban J connectivity index is 1.30. The van der Waals surface area contributed by atoms with Crippen molar-refractivity contribution < 1.29 is 14.3 Å². The maximum absolute atomic E-state index is 12.3. The molecule has 0 aliphatic rings. The smallest absolute Gasteiger partial charge is 0.306 e. The summed E-state index contributed by atoms with van der Waals surface area (Å²) < 4.78 is 8.00. The number of carbonyl (C=O) groups excluding carboxylic acids is 2. The molecule has 0 spiro atoms. The van der Waals surface area contributed by atoms with E-state index in [0.717, 1.165) is 26.6 Å². The van der Waals surface area contributed by atoms with Crippen molar-refractivity contribution >= 4 is 39.1 Å². The van der Waals surface area contributed by atoms with E-state index in [1.807, 2.05) is 68.4 Å². The van der Waals surface area contributed by atoms with Crippen molar-refractivity contribution in [2.75, 3.05) is 11.9 Å². The standard InChI is InChI=1S/C23H22N4O3S/c1-15-23(16(2)27(26-15)17-8-4-3-5-9-17)25-20(28)14-30-22(29)13-12-21-24-18-10-6-7-11-19(18)31-21/h3-11H,12-14H2,1-2H3,(H,25,28). The molecule has 0 bridgehead atoms. The second-order valence-electron chi connectivity index (χ2n) is 7.08. The maximum Gasteiger partial charge on any atom is 0.306 e. The van der Waals surface area contributed by atoms with E-state index in [4.69, 9.17) is 4.74 Å². The Hall–Kier alpha value is -3.52. The molecular weight excluding hydrogens is 412 g/mol. The number of hydrogen-bond acceptors (Lipinski definition) is 6. The highest BCUT2D eigenvalue weighted by atomic mass is 32.1. The Labute approximate surface area is 183 Å². The maximum atomic E-state index is 12.3. The van der Waals surface area contributed by atoms with Crippen molar-refractivity contribution in [3.63, 3.8) is 0 Å². The van der Waals surface area contributed by atoms with Crippen LogP contribution in [0.5, 0.6) is 0 Å². The van der Waals surface area contributed by atoms with Crippen LogP contribution in [0.15, 0.2) is 54.6 Å². The molecule has 2 heterocycles. The zero-order valence-corrected chi connectivity index (χ0v) is 18.1. The molecule has 4 rings (SSSR count). The van der Waals surface area contributed by atoms with E-state index >= 15 is 0 Å². The second kappa shape index (κ2) is 9.09. The Kier molecular flexibility index (Phi) is 6.08. The summed E-state index contributed by atoms with van der Waals surface area (Å²) >= 11 is 1.56. The van der Waals surface area contributed by atoms with Gasteiger partial charge in [0.1, 0.15) is 0 Å². The van der Waals surface area contributed by atoms with E-state index in [1.165, 1.54) is 0 Å². The number of ether oxygens (including phenoxy) is 1. The summed E-state index contributed by atoms with van der Waals surface area (Å²) in [5.41, 5.74) is 3.96.